The summed E-state index contributed by atoms with van der Waals surface area (Å²) in [6.45, 7) is 0. The highest BCUT2D eigenvalue weighted by molar-refractivity contribution is 5.79. The van der Waals surface area contributed by atoms with Gasteiger partial charge in [-0.25, -0.2) is 0 Å². The van der Waals surface area contributed by atoms with Gasteiger partial charge in [-0.05, 0) is 43.9 Å². The van der Waals surface area contributed by atoms with Crippen LogP contribution >= 0.6 is 0 Å². The second-order valence-electron chi connectivity index (χ2n) is 4.93. The monoisotopic (exact) mass is 179 g/mol. The molecule has 2 aliphatic carbocycles. The van der Waals surface area contributed by atoms with Crippen molar-refractivity contribution in [1.82, 2.24) is 0 Å². The Morgan fingerprint density at radius 2 is 1.77 bits per heavy atom. The van der Waals surface area contributed by atoms with E-state index in [0.29, 0.717) is 12.0 Å². The fraction of sp³-hybridized carbons (Fsp3) is 0.909. The third-order valence-electron chi connectivity index (χ3n) is 3.98. The van der Waals surface area contributed by atoms with E-state index < -0.39 is 0 Å². The lowest BCUT2D eigenvalue weighted by Gasteiger charge is -2.37. The molecule has 2 nitrogen and oxygen atoms in total. The molecule has 2 aliphatic heterocycles. The van der Waals surface area contributed by atoms with E-state index in [1.165, 1.54) is 32.1 Å². The maximum atomic E-state index is 5.40. The quantitative estimate of drug-likeness (QED) is 0.559. The van der Waals surface area contributed by atoms with E-state index in [9.17, 15) is 0 Å². The van der Waals surface area contributed by atoms with Crippen molar-refractivity contribution in [2.24, 2.45) is 22.7 Å². The van der Waals surface area contributed by atoms with Gasteiger partial charge in [-0.1, -0.05) is 0 Å². The molecule has 2 unspecified atom stereocenters. The lowest BCUT2D eigenvalue weighted by atomic mass is 9.68. The molecule has 0 aromatic carbocycles. The standard InChI is InChI=1S/C11H17NO/c1-13-11-9-3-7-2-8(4-9)6-10(5-7)12-11/h7-10H,2-6H2,1H3. The highest BCUT2D eigenvalue weighted by atomic mass is 16.5. The molecule has 0 aromatic heterocycles. The molecule has 2 heteroatoms. The molecule has 0 aromatic rings. The van der Waals surface area contributed by atoms with Crippen molar-refractivity contribution in [3.8, 4) is 0 Å². The second kappa shape index (κ2) is 2.73. The Morgan fingerprint density at radius 1 is 1.08 bits per heavy atom. The Kier molecular flexibility index (Phi) is 1.64. The van der Waals surface area contributed by atoms with Gasteiger partial charge in [0.05, 0.1) is 13.2 Å². The van der Waals surface area contributed by atoms with Gasteiger partial charge < -0.3 is 4.74 Å². The summed E-state index contributed by atoms with van der Waals surface area (Å²) >= 11 is 0. The summed E-state index contributed by atoms with van der Waals surface area (Å²) < 4.78 is 5.40. The van der Waals surface area contributed by atoms with E-state index in [-0.39, 0.29) is 0 Å². The fourth-order valence-corrected chi connectivity index (χ4v) is 3.63. The van der Waals surface area contributed by atoms with Gasteiger partial charge in [-0.15, -0.1) is 0 Å². The van der Waals surface area contributed by atoms with Gasteiger partial charge in [0.1, 0.15) is 0 Å². The minimum Gasteiger partial charge on any atom is -0.484 e. The number of ether oxygens (including phenoxy) is 1. The topological polar surface area (TPSA) is 21.6 Å². The van der Waals surface area contributed by atoms with Crippen molar-refractivity contribution in [2.45, 2.75) is 38.1 Å². The molecule has 0 N–H and O–H groups in total. The molecule has 4 aliphatic rings. The zero-order chi connectivity index (χ0) is 8.84. The molecule has 13 heavy (non-hydrogen) atoms. The van der Waals surface area contributed by atoms with E-state index >= 15 is 0 Å². The first kappa shape index (κ1) is 7.84. The molecule has 4 bridgehead atoms. The van der Waals surface area contributed by atoms with Gasteiger partial charge in [0.25, 0.3) is 0 Å². The molecular formula is C11H17NO. The Morgan fingerprint density at radius 3 is 2.38 bits per heavy atom. The van der Waals surface area contributed by atoms with Crippen LogP contribution < -0.4 is 0 Å². The highest BCUT2D eigenvalue weighted by Gasteiger charge is 2.41. The average Bonchev–Trinajstić information content (AvgIpc) is 2.29. The zero-order valence-electron chi connectivity index (χ0n) is 8.20. The van der Waals surface area contributed by atoms with Crippen LogP contribution in [0.1, 0.15) is 32.1 Å². The Bertz CT molecular complexity index is 234. The predicted molar refractivity (Wildman–Crippen MR) is 51.8 cm³/mol. The minimum atomic E-state index is 0.603. The maximum absolute atomic E-state index is 5.40. The largest absolute Gasteiger partial charge is 0.484 e. The number of nitrogens with zero attached hydrogens (tertiary/aromatic N) is 1. The van der Waals surface area contributed by atoms with Crippen LogP contribution in [0.25, 0.3) is 0 Å². The number of methoxy groups -OCH3 is 1. The van der Waals surface area contributed by atoms with Crippen LogP contribution in [0.2, 0.25) is 0 Å². The van der Waals surface area contributed by atoms with Gasteiger partial charge in [-0.2, -0.15) is 0 Å². The van der Waals surface area contributed by atoms with Crippen molar-refractivity contribution in [3.63, 3.8) is 0 Å². The maximum Gasteiger partial charge on any atom is 0.186 e. The van der Waals surface area contributed by atoms with E-state index in [0.717, 1.165) is 17.7 Å². The van der Waals surface area contributed by atoms with Gasteiger partial charge in [-0.3, -0.25) is 4.99 Å². The highest BCUT2D eigenvalue weighted by Crippen LogP contribution is 2.46. The number of aliphatic imine (C=N–C) groups is 1. The van der Waals surface area contributed by atoms with Crippen LogP contribution in [0.4, 0.5) is 0 Å². The number of hydrogen-bond donors (Lipinski definition) is 0. The third kappa shape index (κ3) is 1.18. The summed E-state index contributed by atoms with van der Waals surface area (Å²) in [7, 11) is 1.78. The summed E-state index contributed by atoms with van der Waals surface area (Å²) in [6.07, 6.45) is 6.83. The molecule has 2 saturated carbocycles. The van der Waals surface area contributed by atoms with E-state index in [2.05, 4.69) is 0 Å². The van der Waals surface area contributed by atoms with Crippen molar-refractivity contribution < 1.29 is 4.74 Å². The molecule has 0 spiro atoms. The van der Waals surface area contributed by atoms with Crippen molar-refractivity contribution in [1.29, 1.82) is 0 Å². The third-order valence-corrected chi connectivity index (χ3v) is 3.98. The van der Waals surface area contributed by atoms with Crippen molar-refractivity contribution >= 4 is 5.90 Å². The molecule has 2 atom stereocenters. The van der Waals surface area contributed by atoms with Crippen LogP contribution in [-0.2, 0) is 4.74 Å². The molecule has 0 saturated heterocycles. The number of rotatable bonds is 0. The van der Waals surface area contributed by atoms with E-state index in [1.54, 1.807) is 7.11 Å². The molecule has 0 radical (unpaired) electrons. The summed E-state index contributed by atoms with van der Waals surface area (Å²) in [6, 6.07) is 0.603. The van der Waals surface area contributed by atoms with E-state index in [4.69, 9.17) is 9.73 Å². The first-order valence-electron chi connectivity index (χ1n) is 5.47. The van der Waals surface area contributed by atoms with Gasteiger partial charge in [0.15, 0.2) is 5.90 Å². The van der Waals surface area contributed by atoms with Gasteiger partial charge in [0, 0.05) is 5.92 Å². The fourth-order valence-electron chi connectivity index (χ4n) is 3.63. The second-order valence-corrected chi connectivity index (χ2v) is 4.93. The molecular weight excluding hydrogens is 162 g/mol. The van der Waals surface area contributed by atoms with Crippen LogP contribution in [0, 0.1) is 17.8 Å². The van der Waals surface area contributed by atoms with E-state index in [1.807, 2.05) is 0 Å². The van der Waals surface area contributed by atoms with Gasteiger partial charge in [0.2, 0.25) is 0 Å². The summed E-state index contributed by atoms with van der Waals surface area (Å²) in [4.78, 5) is 4.73. The minimum absolute atomic E-state index is 0.603. The van der Waals surface area contributed by atoms with Crippen LogP contribution in [-0.4, -0.2) is 19.0 Å². The first-order chi connectivity index (χ1) is 6.35. The summed E-state index contributed by atoms with van der Waals surface area (Å²) in [5.41, 5.74) is 0. The molecule has 2 fully saturated rings. The SMILES string of the molecule is COC1=NC2CC3CC(C2)CC1C3. The molecule has 0 amide bonds. The first-order valence-corrected chi connectivity index (χ1v) is 5.47. The lowest BCUT2D eigenvalue weighted by molar-refractivity contribution is 0.156. The van der Waals surface area contributed by atoms with Crippen molar-refractivity contribution in [3.05, 3.63) is 0 Å². The zero-order valence-corrected chi connectivity index (χ0v) is 8.20. The Hall–Kier alpha value is -0.530. The van der Waals surface area contributed by atoms with Crippen LogP contribution in [0.5, 0.6) is 0 Å². The van der Waals surface area contributed by atoms with Crippen LogP contribution in [0.15, 0.2) is 4.99 Å². The predicted octanol–water partition coefficient (Wildman–Crippen LogP) is 2.24. The molecule has 72 valence electrons. The lowest BCUT2D eigenvalue weighted by Crippen LogP contribution is -2.31. The summed E-state index contributed by atoms with van der Waals surface area (Å²) in [5, 5.41) is 0. The Labute approximate surface area is 79.4 Å². The smallest absolute Gasteiger partial charge is 0.186 e. The molecule has 2 heterocycles. The normalized spacial score (nSPS) is 47.3. The van der Waals surface area contributed by atoms with Gasteiger partial charge >= 0.3 is 0 Å². The average molecular weight is 179 g/mol. The number of hydrogen-bond acceptors (Lipinski definition) is 2. The Balaban J connectivity index is 1.94. The molecule has 4 rings (SSSR count). The summed E-state index contributed by atoms with van der Waals surface area (Å²) in [5.74, 6) is 3.65. The van der Waals surface area contributed by atoms with Crippen LogP contribution in [0.3, 0.4) is 0 Å². The van der Waals surface area contributed by atoms with Crippen molar-refractivity contribution in [2.75, 3.05) is 7.11 Å².